The molecule has 2 unspecified atom stereocenters. The van der Waals surface area contributed by atoms with E-state index in [2.05, 4.69) is 36.9 Å². The molecule has 28 heavy (non-hydrogen) atoms. The van der Waals surface area contributed by atoms with E-state index in [-0.39, 0.29) is 0 Å². The molecule has 0 amide bonds. The summed E-state index contributed by atoms with van der Waals surface area (Å²) < 4.78 is 9.73. The minimum atomic E-state index is -1.81. The van der Waals surface area contributed by atoms with Gasteiger partial charge < -0.3 is 0 Å². The summed E-state index contributed by atoms with van der Waals surface area (Å²) >= 11 is 0. The predicted octanol–water partition coefficient (Wildman–Crippen LogP) is 2.66. The molecule has 8 heteroatoms. The van der Waals surface area contributed by atoms with E-state index in [1.165, 1.54) is 77.8 Å². The number of hydrogen-bond donors (Lipinski definition) is 0. The molecule has 4 aliphatic heterocycles. The van der Waals surface area contributed by atoms with Crippen molar-refractivity contribution in [2.75, 3.05) is 39.3 Å². The molecule has 1 aromatic heterocycles. The molecule has 4 aliphatic rings. The maximum Gasteiger partial charge on any atom is 0.341 e. The highest BCUT2D eigenvalue weighted by molar-refractivity contribution is 7.78. The first-order valence-electron chi connectivity index (χ1n) is 11.0. The SMILES string of the molecule is c1ccc2c(c1)nnn2O[P+]1(N2CCCC2)C(N2CCCC2)C1N1CCCC1. The zero-order valence-corrected chi connectivity index (χ0v) is 17.4. The van der Waals surface area contributed by atoms with Crippen LogP contribution in [-0.2, 0) is 0 Å². The Bertz CT molecular complexity index is 818. The molecule has 4 saturated heterocycles. The van der Waals surface area contributed by atoms with Crippen molar-refractivity contribution in [3.05, 3.63) is 24.3 Å². The van der Waals surface area contributed by atoms with E-state index in [4.69, 9.17) is 4.62 Å². The third kappa shape index (κ3) is 2.63. The first-order valence-corrected chi connectivity index (χ1v) is 12.8. The normalized spacial score (nSPS) is 34.6. The van der Waals surface area contributed by atoms with Gasteiger partial charge in [-0.3, -0.25) is 9.80 Å². The zero-order valence-electron chi connectivity index (χ0n) is 16.5. The van der Waals surface area contributed by atoms with Crippen LogP contribution in [0.1, 0.15) is 38.5 Å². The number of benzene rings is 1. The van der Waals surface area contributed by atoms with Gasteiger partial charge in [-0.25, -0.2) is 4.62 Å². The Morgan fingerprint density at radius 3 is 2.00 bits per heavy atom. The van der Waals surface area contributed by atoms with Crippen molar-refractivity contribution in [3.8, 4) is 0 Å². The van der Waals surface area contributed by atoms with Gasteiger partial charge in [0.05, 0.1) is 0 Å². The molecular weight excluding hydrogens is 371 g/mol. The summed E-state index contributed by atoms with van der Waals surface area (Å²) in [6.45, 7) is 7.26. The first kappa shape index (κ1) is 17.6. The van der Waals surface area contributed by atoms with Gasteiger partial charge in [0.25, 0.3) is 0 Å². The van der Waals surface area contributed by atoms with E-state index in [1.54, 1.807) is 4.85 Å². The number of nitrogens with zero attached hydrogens (tertiary/aromatic N) is 6. The van der Waals surface area contributed by atoms with Gasteiger partial charge in [-0.1, -0.05) is 12.1 Å². The Morgan fingerprint density at radius 1 is 0.786 bits per heavy atom. The Balaban J connectivity index is 1.40. The average Bonchev–Trinajstić information content (AvgIpc) is 3.40. The van der Waals surface area contributed by atoms with Crippen molar-refractivity contribution in [2.24, 2.45) is 0 Å². The Labute approximate surface area is 167 Å². The monoisotopic (exact) mass is 401 g/mol. The molecular formula is C20H30N6OP+. The van der Waals surface area contributed by atoms with Gasteiger partial charge in [-0.05, 0) is 60.7 Å². The maximum atomic E-state index is 7.00. The molecule has 1 aromatic carbocycles. The van der Waals surface area contributed by atoms with Crippen molar-refractivity contribution in [2.45, 2.75) is 50.1 Å². The summed E-state index contributed by atoms with van der Waals surface area (Å²) in [6, 6.07) is 8.17. The van der Waals surface area contributed by atoms with E-state index in [0.717, 1.165) is 11.0 Å². The van der Waals surface area contributed by atoms with Gasteiger partial charge >= 0.3 is 7.64 Å². The summed E-state index contributed by atoms with van der Waals surface area (Å²) in [4.78, 5) is 7.25. The predicted molar refractivity (Wildman–Crippen MR) is 111 cm³/mol. The second-order valence-electron chi connectivity index (χ2n) is 8.68. The number of fused-ring (bicyclic) bond motifs is 1. The van der Waals surface area contributed by atoms with Crippen LogP contribution in [0.4, 0.5) is 0 Å². The van der Waals surface area contributed by atoms with Crippen molar-refractivity contribution in [1.29, 1.82) is 0 Å². The van der Waals surface area contributed by atoms with E-state index in [9.17, 15) is 0 Å². The highest BCUT2D eigenvalue weighted by Crippen LogP contribution is 2.86. The summed E-state index contributed by atoms with van der Waals surface area (Å²) in [5, 5.41) is 8.78. The lowest BCUT2D eigenvalue weighted by Crippen LogP contribution is -2.31. The van der Waals surface area contributed by atoms with Crippen LogP contribution in [0.15, 0.2) is 24.3 Å². The maximum absolute atomic E-state index is 7.00. The topological polar surface area (TPSA) is 49.7 Å². The second kappa shape index (κ2) is 6.91. The van der Waals surface area contributed by atoms with E-state index < -0.39 is 7.64 Å². The third-order valence-electron chi connectivity index (χ3n) is 7.02. The zero-order chi connectivity index (χ0) is 18.6. The second-order valence-corrected chi connectivity index (χ2v) is 11.8. The van der Waals surface area contributed by atoms with Crippen LogP contribution in [0.3, 0.4) is 0 Å². The van der Waals surface area contributed by atoms with Crippen LogP contribution in [-0.4, -0.2) is 80.5 Å². The molecule has 150 valence electrons. The molecule has 0 aliphatic carbocycles. The molecule has 2 atom stereocenters. The summed E-state index contributed by atoms with van der Waals surface area (Å²) in [6.07, 6.45) is 7.90. The molecule has 4 fully saturated rings. The highest BCUT2D eigenvalue weighted by Gasteiger charge is 2.87. The van der Waals surface area contributed by atoms with Crippen molar-refractivity contribution in [3.63, 3.8) is 0 Å². The highest BCUT2D eigenvalue weighted by atomic mass is 31.2. The van der Waals surface area contributed by atoms with Crippen LogP contribution in [0.2, 0.25) is 0 Å². The number of likely N-dealkylation sites (tertiary alicyclic amines) is 2. The fourth-order valence-electron chi connectivity index (χ4n) is 5.66. The Kier molecular flexibility index (Phi) is 4.34. The van der Waals surface area contributed by atoms with E-state index in [1.807, 2.05) is 12.1 Å². The Hall–Kier alpha value is -1.27. The molecule has 0 bridgehead atoms. The number of para-hydroxylation sites is 1. The number of aromatic nitrogens is 3. The molecule has 6 rings (SSSR count). The summed E-state index contributed by atoms with van der Waals surface area (Å²) in [7, 11) is -1.81. The standard InChI is InChI=1S/C20H30N6OP/c1-2-10-18-17(9-1)21-22-26(18)27-28(25-15-7-8-16-25)19(23-11-3-4-12-23)20(28)24-13-5-6-14-24/h1-2,9-10,19-20H,3-8,11-16H2/q+1. The van der Waals surface area contributed by atoms with Gasteiger partial charge in [0, 0.05) is 39.3 Å². The van der Waals surface area contributed by atoms with Crippen LogP contribution < -0.4 is 4.62 Å². The van der Waals surface area contributed by atoms with Crippen LogP contribution in [0.25, 0.3) is 11.0 Å². The van der Waals surface area contributed by atoms with Gasteiger partial charge in [0.2, 0.25) is 11.6 Å². The van der Waals surface area contributed by atoms with Crippen LogP contribution in [0.5, 0.6) is 0 Å². The summed E-state index contributed by atoms with van der Waals surface area (Å²) in [5.41, 5.74) is 1.91. The lowest BCUT2D eigenvalue weighted by Gasteiger charge is -2.22. The molecule has 7 nitrogen and oxygen atoms in total. The first-order chi connectivity index (χ1) is 13.9. The van der Waals surface area contributed by atoms with Gasteiger partial charge in [-0.2, -0.15) is 0 Å². The smallest absolute Gasteiger partial charge is 0.260 e. The van der Waals surface area contributed by atoms with Crippen LogP contribution in [0, 0.1) is 0 Å². The van der Waals surface area contributed by atoms with Gasteiger partial charge in [0.1, 0.15) is 11.0 Å². The van der Waals surface area contributed by atoms with E-state index >= 15 is 0 Å². The molecule has 2 aromatic rings. The van der Waals surface area contributed by atoms with Crippen molar-refractivity contribution in [1.82, 2.24) is 29.6 Å². The Morgan fingerprint density at radius 2 is 1.36 bits per heavy atom. The van der Waals surface area contributed by atoms with Gasteiger partial charge in [0.15, 0.2) is 0 Å². The summed E-state index contributed by atoms with van der Waals surface area (Å²) in [5.74, 6) is 1.10. The molecule has 0 radical (unpaired) electrons. The lowest BCUT2D eigenvalue weighted by atomic mass is 10.3. The van der Waals surface area contributed by atoms with Crippen LogP contribution >= 0.6 is 7.64 Å². The average molecular weight is 401 g/mol. The molecule has 5 heterocycles. The third-order valence-corrected chi connectivity index (χ3v) is 11.1. The van der Waals surface area contributed by atoms with Crippen molar-refractivity contribution >= 4 is 18.7 Å². The lowest BCUT2D eigenvalue weighted by molar-refractivity contribution is 0.232. The largest absolute Gasteiger partial charge is 0.341 e. The van der Waals surface area contributed by atoms with Gasteiger partial charge in [-0.15, -0.1) is 9.77 Å². The fraction of sp³-hybridized carbons (Fsp3) is 0.700. The minimum Gasteiger partial charge on any atom is -0.260 e. The quantitative estimate of drug-likeness (QED) is 0.718. The number of rotatable bonds is 5. The molecule has 0 saturated carbocycles. The molecule has 0 N–H and O–H groups in total. The fourth-order valence-corrected chi connectivity index (χ4v) is 10.6. The van der Waals surface area contributed by atoms with E-state index in [0.29, 0.717) is 11.6 Å². The number of hydrogen-bond acceptors (Lipinski definition) is 6. The van der Waals surface area contributed by atoms with Crippen molar-refractivity contribution < 1.29 is 4.62 Å². The minimum absolute atomic E-state index is 0.550. The molecule has 0 spiro atoms.